The third-order valence-electron chi connectivity index (χ3n) is 3.64. The molecule has 2 nitrogen and oxygen atoms in total. The zero-order chi connectivity index (χ0) is 10.9. The van der Waals surface area contributed by atoms with Crippen molar-refractivity contribution in [3.8, 4) is 0 Å². The first-order valence-corrected chi connectivity index (χ1v) is 5.61. The average Bonchev–Trinajstić information content (AvgIpc) is 2.62. The lowest BCUT2D eigenvalue weighted by atomic mass is 9.79. The van der Waals surface area contributed by atoms with Gasteiger partial charge in [0.2, 0.25) is 0 Å². The molecule has 15 heavy (non-hydrogen) atoms. The van der Waals surface area contributed by atoms with Gasteiger partial charge in [-0.05, 0) is 31.7 Å². The zero-order valence-electron chi connectivity index (χ0n) is 9.24. The topological polar surface area (TPSA) is 46.2 Å². The maximum Gasteiger partial charge on any atom is 0.0549 e. The minimum Gasteiger partial charge on any atom is -0.393 e. The zero-order valence-corrected chi connectivity index (χ0v) is 9.24. The Bertz CT molecular complexity index is 333. The van der Waals surface area contributed by atoms with E-state index in [0.29, 0.717) is 6.54 Å². The van der Waals surface area contributed by atoms with E-state index in [4.69, 9.17) is 5.73 Å². The van der Waals surface area contributed by atoms with Crippen LogP contribution in [0.5, 0.6) is 0 Å². The first kappa shape index (κ1) is 10.7. The van der Waals surface area contributed by atoms with Crippen LogP contribution in [-0.4, -0.2) is 17.8 Å². The van der Waals surface area contributed by atoms with Crippen LogP contribution in [0.2, 0.25) is 0 Å². The van der Waals surface area contributed by atoms with Gasteiger partial charge in [0.1, 0.15) is 0 Å². The number of hydrogen-bond acceptors (Lipinski definition) is 2. The van der Waals surface area contributed by atoms with Crippen LogP contribution in [0.25, 0.3) is 0 Å². The van der Waals surface area contributed by atoms with Gasteiger partial charge in [0, 0.05) is 12.0 Å². The fourth-order valence-electron chi connectivity index (χ4n) is 2.57. The number of hydrogen-bond donors (Lipinski definition) is 2. The van der Waals surface area contributed by atoms with E-state index in [2.05, 4.69) is 31.2 Å². The SMILES string of the molecule is Cc1ccc(C2(CN)CCC(O)C2)cc1. The van der Waals surface area contributed by atoms with Crippen molar-refractivity contribution < 1.29 is 5.11 Å². The Morgan fingerprint density at radius 1 is 1.40 bits per heavy atom. The third kappa shape index (κ3) is 1.92. The summed E-state index contributed by atoms with van der Waals surface area (Å²) in [5.41, 5.74) is 8.46. The van der Waals surface area contributed by atoms with Gasteiger partial charge < -0.3 is 10.8 Å². The molecule has 1 fully saturated rings. The van der Waals surface area contributed by atoms with Crippen molar-refractivity contribution in [3.05, 3.63) is 35.4 Å². The Morgan fingerprint density at radius 2 is 2.07 bits per heavy atom. The quantitative estimate of drug-likeness (QED) is 0.772. The molecule has 0 radical (unpaired) electrons. The second-order valence-corrected chi connectivity index (χ2v) is 4.75. The van der Waals surface area contributed by atoms with Gasteiger partial charge in [-0.1, -0.05) is 29.8 Å². The molecule has 2 unspecified atom stereocenters. The van der Waals surface area contributed by atoms with E-state index in [1.54, 1.807) is 0 Å². The van der Waals surface area contributed by atoms with Crippen molar-refractivity contribution >= 4 is 0 Å². The monoisotopic (exact) mass is 205 g/mol. The number of aryl methyl sites for hydroxylation is 1. The van der Waals surface area contributed by atoms with E-state index in [9.17, 15) is 5.11 Å². The van der Waals surface area contributed by atoms with E-state index < -0.39 is 0 Å². The summed E-state index contributed by atoms with van der Waals surface area (Å²) in [6, 6.07) is 8.55. The Hall–Kier alpha value is -0.860. The lowest BCUT2D eigenvalue weighted by Gasteiger charge is -2.28. The van der Waals surface area contributed by atoms with Crippen LogP contribution in [0.4, 0.5) is 0 Å². The van der Waals surface area contributed by atoms with Gasteiger partial charge in [0.15, 0.2) is 0 Å². The molecule has 1 aliphatic carbocycles. The predicted octanol–water partition coefficient (Wildman–Crippen LogP) is 1.74. The summed E-state index contributed by atoms with van der Waals surface area (Å²) in [5.74, 6) is 0. The minimum absolute atomic E-state index is 0.0209. The number of aliphatic hydroxyl groups excluding tert-OH is 1. The van der Waals surface area contributed by atoms with Crippen LogP contribution in [0.3, 0.4) is 0 Å². The number of benzene rings is 1. The van der Waals surface area contributed by atoms with Crippen LogP contribution in [-0.2, 0) is 5.41 Å². The number of nitrogens with two attached hydrogens (primary N) is 1. The molecule has 0 amide bonds. The smallest absolute Gasteiger partial charge is 0.0549 e. The van der Waals surface area contributed by atoms with Crippen molar-refractivity contribution in [2.45, 2.75) is 37.7 Å². The molecule has 2 heteroatoms. The Labute approximate surface area is 91.1 Å². The molecule has 0 aliphatic heterocycles. The Morgan fingerprint density at radius 3 is 2.53 bits per heavy atom. The molecule has 2 atom stereocenters. The third-order valence-corrected chi connectivity index (χ3v) is 3.64. The van der Waals surface area contributed by atoms with E-state index in [1.165, 1.54) is 11.1 Å². The highest BCUT2D eigenvalue weighted by Crippen LogP contribution is 2.40. The lowest BCUT2D eigenvalue weighted by molar-refractivity contribution is 0.174. The van der Waals surface area contributed by atoms with Crippen LogP contribution in [0.15, 0.2) is 24.3 Å². The summed E-state index contributed by atoms with van der Waals surface area (Å²) in [6.45, 7) is 2.72. The second-order valence-electron chi connectivity index (χ2n) is 4.75. The van der Waals surface area contributed by atoms with Gasteiger partial charge >= 0.3 is 0 Å². The van der Waals surface area contributed by atoms with Crippen molar-refractivity contribution in [3.63, 3.8) is 0 Å². The minimum atomic E-state index is -0.171. The molecule has 1 aromatic carbocycles. The van der Waals surface area contributed by atoms with Crippen LogP contribution < -0.4 is 5.73 Å². The highest BCUT2D eigenvalue weighted by Gasteiger charge is 2.38. The highest BCUT2D eigenvalue weighted by atomic mass is 16.3. The fourth-order valence-corrected chi connectivity index (χ4v) is 2.57. The first-order chi connectivity index (χ1) is 7.16. The van der Waals surface area contributed by atoms with E-state index in [0.717, 1.165) is 19.3 Å². The first-order valence-electron chi connectivity index (χ1n) is 5.61. The fraction of sp³-hybridized carbons (Fsp3) is 0.538. The molecule has 0 aromatic heterocycles. The molecule has 82 valence electrons. The molecule has 0 bridgehead atoms. The molecule has 3 N–H and O–H groups in total. The summed E-state index contributed by atoms with van der Waals surface area (Å²) in [5, 5.41) is 9.66. The second kappa shape index (κ2) is 3.95. The molecule has 0 saturated heterocycles. The summed E-state index contributed by atoms with van der Waals surface area (Å²) >= 11 is 0. The standard InChI is InChI=1S/C13H19NO/c1-10-2-4-11(5-3-10)13(9-14)7-6-12(15)8-13/h2-5,12,15H,6-9,14H2,1H3. The molecular formula is C13H19NO. The largest absolute Gasteiger partial charge is 0.393 e. The van der Waals surface area contributed by atoms with E-state index in [1.807, 2.05) is 0 Å². The Kier molecular flexibility index (Phi) is 2.81. The average molecular weight is 205 g/mol. The van der Waals surface area contributed by atoms with E-state index in [-0.39, 0.29) is 11.5 Å². The molecule has 0 spiro atoms. The molecule has 1 aliphatic rings. The van der Waals surface area contributed by atoms with Crippen molar-refractivity contribution in [2.24, 2.45) is 5.73 Å². The summed E-state index contributed by atoms with van der Waals surface area (Å²) < 4.78 is 0. The Balaban J connectivity index is 2.30. The summed E-state index contributed by atoms with van der Waals surface area (Å²) in [6.07, 6.45) is 2.53. The molecule has 2 rings (SSSR count). The number of aliphatic hydroxyl groups is 1. The maximum absolute atomic E-state index is 9.66. The summed E-state index contributed by atoms with van der Waals surface area (Å²) in [4.78, 5) is 0. The highest BCUT2D eigenvalue weighted by molar-refractivity contribution is 5.30. The van der Waals surface area contributed by atoms with Gasteiger partial charge in [-0.15, -0.1) is 0 Å². The van der Waals surface area contributed by atoms with Gasteiger partial charge in [0.25, 0.3) is 0 Å². The van der Waals surface area contributed by atoms with Gasteiger partial charge in [-0.2, -0.15) is 0 Å². The van der Waals surface area contributed by atoms with Gasteiger partial charge in [-0.3, -0.25) is 0 Å². The van der Waals surface area contributed by atoms with E-state index >= 15 is 0 Å². The van der Waals surface area contributed by atoms with Crippen molar-refractivity contribution in [1.29, 1.82) is 0 Å². The molecule has 1 aromatic rings. The van der Waals surface area contributed by atoms with Crippen LogP contribution >= 0.6 is 0 Å². The number of rotatable bonds is 2. The van der Waals surface area contributed by atoms with Crippen LogP contribution in [0.1, 0.15) is 30.4 Å². The van der Waals surface area contributed by atoms with Crippen LogP contribution in [0, 0.1) is 6.92 Å². The molecule has 1 saturated carbocycles. The normalized spacial score (nSPS) is 30.7. The maximum atomic E-state index is 9.66. The van der Waals surface area contributed by atoms with Crippen molar-refractivity contribution in [1.82, 2.24) is 0 Å². The molecular weight excluding hydrogens is 186 g/mol. The summed E-state index contributed by atoms with van der Waals surface area (Å²) in [7, 11) is 0. The van der Waals surface area contributed by atoms with Crippen molar-refractivity contribution in [2.75, 3.05) is 6.54 Å². The molecule has 0 heterocycles. The lowest BCUT2D eigenvalue weighted by Crippen LogP contribution is -2.33. The van der Waals surface area contributed by atoms with Gasteiger partial charge in [0.05, 0.1) is 6.10 Å². The predicted molar refractivity (Wildman–Crippen MR) is 61.8 cm³/mol. The van der Waals surface area contributed by atoms with Gasteiger partial charge in [-0.25, -0.2) is 0 Å².